The Morgan fingerprint density at radius 3 is 2.33 bits per heavy atom. The number of nitrogens with one attached hydrogen (secondary N) is 1. The third-order valence-electron chi connectivity index (χ3n) is 2.93. The van der Waals surface area contributed by atoms with Gasteiger partial charge in [0, 0.05) is 12.1 Å². The molecule has 1 aromatic carbocycles. The molecule has 1 aromatic rings. The van der Waals surface area contributed by atoms with E-state index in [0.717, 1.165) is 36.4 Å². The number of fused-ring (bicyclic) bond motifs is 1. The van der Waals surface area contributed by atoms with E-state index in [1.54, 1.807) is 0 Å². The zero-order valence-electron chi connectivity index (χ0n) is 10.6. The SMILES string of the molecule is CCOc1c(Cl)c(Cl)c2c(c1OCC)CCNC2. The summed E-state index contributed by atoms with van der Waals surface area (Å²) in [6.07, 6.45) is 0.877. The molecule has 0 amide bonds. The molecular weight excluding hydrogens is 273 g/mol. The number of ether oxygens (including phenoxy) is 2. The van der Waals surface area contributed by atoms with Crippen molar-refractivity contribution in [2.24, 2.45) is 0 Å². The lowest BCUT2D eigenvalue weighted by Crippen LogP contribution is -2.25. The van der Waals surface area contributed by atoms with Crippen LogP contribution in [0.1, 0.15) is 25.0 Å². The molecule has 100 valence electrons. The highest BCUT2D eigenvalue weighted by Gasteiger charge is 2.25. The van der Waals surface area contributed by atoms with Crippen LogP contribution < -0.4 is 14.8 Å². The van der Waals surface area contributed by atoms with Gasteiger partial charge in [-0.05, 0) is 32.4 Å². The molecule has 5 heteroatoms. The van der Waals surface area contributed by atoms with Crippen molar-refractivity contribution in [3.8, 4) is 11.5 Å². The van der Waals surface area contributed by atoms with Crippen LogP contribution in [0.25, 0.3) is 0 Å². The molecule has 0 saturated heterocycles. The second kappa shape index (κ2) is 6.00. The fourth-order valence-corrected chi connectivity index (χ4v) is 2.71. The van der Waals surface area contributed by atoms with E-state index >= 15 is 0 Å². The first-order valence-electron chi connectivity index (χ1n) is 6.19. The zero-order chi connectivity index (χ0) is 13.1. The lowest BCUT2D eigenvalue weighted by Gasteiger charge is -2.25. The maximum absolute atomic E-state index is 6.32. The van der Waals surface area contributed by atoms with Crippen LogP contribution in [0, 0.1) is 0 Å². The number of halogens is 2. The molecule has 0 fully saturated rings. The minimum Gasteiger partial charge on any atom is -0.490 e. The Morgan fingerprint density at radius 2 is 1.67 bits per heavy atom. The molecule has 0 radical (unpaired) electrons. The number of benzene rings is 1. The molecule has 1 aliphatic heterocycles. The molecule has 18 heavy (non-hydrogen) atoms. The largest absolute Gasteiger partial charge is 0.490 e. The fraction of sp³-hybridized carbons (Fsp3) is 0.538. The standard InChI is InChI=1S/C13H17Cl2NO2/c1-3-17-12-8-5-6-16-7-9(8)10(14)11(15)13(12)18-4-2/h16H,3-7H2,1-2H3. The summed E-state index contributed by atoms with van der Waals surface area (Å²) in [5.74, 6) is 1.33. The molecule has 0 aliphatic carbocycles. The number of hydrogen-bond acceptors (Lipinski definition) is 3. The molecular formula is C13H17Cl2NO2. The van der Waals surface area contributed by atoms with Crippen LogP contribution in [0.5, 0.6) is 11.5 Å². The lowest BCUT2D eigenvalue weighted by molar-refractivity contribution is 0.284. The maximum Gasteiger partial charge on any atom is 0.181 e. The van der Waals surface area contributed by atoms with Gasteiger partial charge in [0.05, 0.1) is 18.2 Å². The molecule has 0 bridgehead atoms. The molecule has 1 heterocycles. The summed E-state index contributed by atoms with van der Waals surface area (Å²) in [4.78, 5) is 0. The lowest BCUT2D eigenvalue weighted by atomic mass is 9.99. The van der Waals surface area contributed by atoms with Crippen LogP contribution in [-0.4, -0.2) is 19.8 Å². The molecule has 3 nitrogen and oxygen atoms in total. The van der Waals surface area contributed by atoms with Gasteiger partial charge in [-0.2, -0.15) is 0 Å². The van der Waals surface area contributed by atoms with E-state index in [0.29, 0.717) is 29.0 Å². The number of rotatable bonds is 4. The zero-order valence-corrected chi connectivity index (χ0v) is 12.1. The minimum absolute atomic E-state index is 0.449. The molecule has 0 spiro atoms. The van der Waals surface area contributed by atoms with Crippen LogP contribution in [0.4, 0.5) is 0 Å². The van der Waals surface area contributed by atoms with Gasteiger partial charge in [-0.3, -0.25) is 0 Å². The first-order valence-corrected chi connectivity index (χ1v) is 6.95. The number of hydrogen-bond donors (Lipinski definition) is 1. The molecule has 0 saturated carbocycles. The summed E-state index contributed by atoms with van der Waals surface area (Å²) in [5.41, 5.74) is 2.15. The Labute approximate surface area is 117 Å². The van der Waals surface area contributed by atoms with Gasteiger partial charge in [-0.25, -0.2) is 0 Å². The summed E-state index contributed by atoms with van der Waals surface area (Å²) >= 11 is 12.6. The Balaban J connectivity index is 2.61. The van der Waals surface area contributed by atoms with Crippen molar-refractivity contribution in [3.05, 3.63) is 21.2 Å². The van der Waals surface area contributed by atoms with E-state index in [4.69, 9.17) is 32.7 Å². The Hall–Kier alpha value is -0.640. The first kappa shape index (κ1) is 13.8. The average molecular weight is 290 g/mol. The average Bonchev–Trinajstić information content (AvgIpc) is 2.40. The van der Waals surface area contributed by atoms with Crippen molar-refractivity contribution in [3.63, 3.8) is 0 Å². The summed E-state index contributed by atoms with van der Waals surface area (Å²) < 4.78 is 11.3. The van der Waals surface area contributed by atoms with Crippen LogP contribution in [0.2, 0.25) is 10.0 Å². The van der Waals surface area contributed by atoms with Gasteiger partial charge in [0.2, 0.25) is 0 Å². The molecule has 1 aliphatic rings. The van der Waals surface area contributed by atoms with E-state index in [-0.39, 0.29) is 0 Å². The summed E-state index contributed by atoms with van der Waals surface area (Å²) in [7, 11) is 0. The summed E-state index contributed by atoms with van der Waals surface area (Å²) in [5, 5.41) is 4.31. The van der Waals surface area contributed by atoms with Crippen molar-refractivity contribution in [2.45, 2.75) is 26.8 Å². The predicted molar refractivity (Wildman–Crippen MR) is 74.2 cm³/mol. The van der Waals surface area contributed by atoms with Gasteiger partial charge < -0.3 is 14.8 Å². The van der Waals surface area contributed by atoms with Crippen molar-refractivity contribution in [1.29, 1.82) is 0 Å². The predicted octanol–water partition coefficient (Wildman–Crippen LogP) is 3.44. The van der Waals surface area contributed by atoms with Crippen molar-refractivity contribution < 1.29 is 9.47 Å². The van der Waals surface area contributed by atoms with Gasteiger partial charge in [0.1, 0.15) is 5.02 Å². The van der Waals surface area contributed by atoms with E-state index in [2.05, 4.69) is 5.32 Å². The van der Waals surface area contributed by atoms with Gasteiger partial charge in [0.25, 0.3) is 0 Å². The normalized spacial score (nSPS) is 14.2. The topological polar surface area (TPSA) is 30.5 Å². The van der Waals surface area contributed by atoms with Gasteiger partial charge in [-0.15, -0.1) is 0 Å². The molecule has 2 rings (SSSR count). The fourth-order valence-electron chi connectivity index (χ4n) is 2.18. The van der Waals surface area contributed by atoms with Crippen molar-refractivity contribution >= 4 is 23.2 Å². The van der Waals surface area contributed by atoms with Gasteiger partial charge in [0.15, 0.2) is 11.5 Å². The molecule has 0 aromatic heterocycles. The van der Waals surface area contributed by atoms with Crippen molar-refractivity contribution in [1.82, 2.24) is 5.32 Å². The van der Waals surface area contributed by atoms with Gasteiger partial charge >= 0.3 is 0 Å². The quantitative estimate of drug-likeness (QED) is 0.921. The summed E-state index contributed by atoms with van der Waals surface area (Å²) in [6.45, 7) is 6.62. The summed E-state index contributed by atoms with van der Waals surface area (Å²) in [6, 6.07) is 0. The second-order valence-corrected chi connectivity index (χ2v) is 4.79. The molecule has 0 atom stereocenters. The minimum atomic E-state index is 0.449. The Kier molecular flexibility index (Phi) is 4.60. The van der Waals surface area contributed by atoms with E-state index in [1.807, 2.05) is 13.8 Å². The second-order valence-electron chi connectivity index (χ2n) is 4.04. The Bertz CT molecular complexity index is 449. The third-order valence-corrected chi connectivity index (χ3v) is 3.81. The first-order chi connectivity index (χ1) is 8.70. The molecule has 1 N–H and O–H groups in total. The highest BCUT2D eigenvalue weighted by atomic mass is 35.5. The maximum atomic E-state index is 6.32. The monoisotopic (exact) mass is 289 g/mol. The smallest absolute Gasteiger partial charge is 0.181 e. The van der Waals surface area contributed by atoms with Crippen LogP contribution in [0.3, 0.4) is 0 Å². The van der Waals surface area contributed by atoms with Crippen LogP contribution in [0.15, 0.2) is 0 Å². The highest BCUT2D eigenvalue weighted by molar-refractivity contribution is 6.43. The van der Waals surface area contributed by atoms with Crippen molar-refractivity contribution in [2.75, 3.05) is 19.8 Å². The molecule has 0 unspecified atom stereocenters. The highest BCUT2D eigenvalue weighted by Crippen LogP contribution is 2.46. The van der Waals surface area contributed by atoms with Crippen LogP contribution in [-0.2, 0) is 13.0 Å². The van der Waals surface area contributed by atoms with Crippen LogP contribution >= 0.6 is 23.2 Å². The Morgan fingerprint density at radius 1 is 1.00 bits per heavy atom. The van der Waals surface area contributed by atoms with E-state index in [9.17, 15) is 0 Å². The van der Waals surface area contributed by atoms with Gasteiger partial charge in [-0.1, -0.05) is 23.2 Å². The van der Waals surface area contributed by atoms with E-state index < -0.39 is 0 Å². The third kappa shape index (κ3) is 2.40. The van der Waals surface area contributed by atoms with E-state index in [1.165, 1.54) is 0 Å².